The zero-order chi connectivity index (χ0) is 22.8. The molecule has 0 spiro atoms. The first kappa shape index (κ1) is 22.0. The second-order valence-electron chi connectivity index (χ2n) is 8.07. The van der Waals surface area contributed by atoms with Gasteiger partial charge in [-0.25, -0.2) is 9.78 Å². The Morgan fingerprint density at radius 2 is 1.97 bits per heavy atom. The number of nitrogens with zero attached hydrogens (tertiary/aromatic N) is 3. The highest BCUT2D eigenvalue weighted by Crippen LogP contribution is 2.39. The lowest BCUT2D eigenvalue weighted by atomic mass is 9.99. The van der Waals surface area contributed by atoms with Crippen LogP contribution in [-0.2, 0) is 16.6 Å². The summed E-state index contributed by atoms with van der Waals surface area (Å²) >= 11 is 6.17. The minimum Gasteiger partial charge on any atom is -0.478 e. The molecule has 7 nitrogen and oxygen atoms in total. The van der Waals surface area contributed by atoms with Crippen LogP contribution >= 0.6 is 11.6 Å². The molecule has 0 radical (unpaired) electrons. The van der Waals surface area contributed by atoms with Gasteiger partial charge in [0.05, 0.1) is 11.0 Å². The number of fused-ring (bicyclic) bond motifs is 1. The molecular weight excluding hydrogens is 430 g/mol. The number of imidazole rings is 1. The molecule has 0 aliphatic heterocycles. The van der Waals surface area contributed by atoms with Crippen LogP contribution in [0.2, 0.25) is 5.02 Å². The SMILES string of the molecule is Cn1c([C@@H]([C@@H](O)c2cccc(Cl)c2)N(CC2CC2)C(=O)C=CC(=O)O)nc2ccccc21. The number of carboxylic acids is 1. The summed E-state index contributed by atoms with van der Waals surface area (Å²) < 4.78 is 1.86. The van der Waals surface area contributed by atoms with Crippen LogP contribution in [0, 0.1) is 5.92 Å². The van der Waals surface area contributed by atoms with E-state index >= 15 is 0 Å². The summed E-state index contributed by atoms with van der Waals surface area (Å²) in [6.07, 6.45) is 2.69. The smallest absolute Gasteiger partial charge is 0.328 e. The van der Waals surface area contributed by atoms with Crippen LogP contribution in [0.1, 0.15) is 36.4 Å². The number of rotatable bonds is 8. The molecule has 8 heteroatoms. The number of amides is 1. The van der Waals surface area contributed by atoms with Crippen molar-refractivity contribution in [3.63, 3.8) is 0 Å². The lowest BCUT2D eigenvalue weighted by Gasteiger charge is -2.34. The normalized spacial score (nSPS) is 15.7. The van der Waals surface area contributed by atoms with Crippen molar-refractivity contribution in [2.45, 2.75) is 25.0 Å². The summed E-state index contributed by atoms with van der Waals surface area (Å²) in [7, 11) is 1.84. The van der Waals surface area contributed by atoms with Gasteiger partial charge >= 0.3 is 5.97 Å². The topological polar surface area (TPSA) is 95.7 Å². The molecule has 2 atom stereocenters. The molecule has 1 aliphatic carbocycles. The number of hydrogen-bond acceptors (Lipinski definition) is 4. The predicted octanol–water partition coefficient (Wildman–Crippen LogP) is 3.88. The van der Waals surface area contributed by atoms with E-state index in [0.717, 1.165) is 36.0 Å². The number of aliphatic hydroxyl groups excluding tert-OH is 1. The molecule has 2 aromatic carbocycles. The van der Waals surface area contributed by atoms with E-state index in [1.54, 1.807) is 24.3 Å². The number of aryl methyl sites for hydroxylation is 1. The first-order valence-corrected chi connectivity index (χ1v) is 10.8. The van der Waals surface area contributed by atoms with E-state index in [1.807, 2.05) is 35.9 Å². The third kappa shape index (κ3) is 4.69. The van der Waals surface area contributed by atoms with Gasteiger partial charge in [0.15, 0.2) is 0 Å². The van der Waals surface area contributed by atoms with E-state index in [2.05, 4.69) is 0 Å². The van der Waals surface area contributed by atoms with Crippen molar-refractivity contribution in [3.8, 4) is 0 Å². The van der Waals surface area contributed by atoms with Crippen molar-refractivity contribution in [1.82, 2.24) is 14.5 Å². The van der Waals surface area contributed by atoms with E-state index in [1.165, 1.54) is 4.90 Å². The maximum Gasteiger partial charge on any atom is 0.328 e. The highest BCUT2D eigenvalue weighted by Gasteiger charge is 2.38. The van der Waals surface area contributed by atoms with E-state index in [4.69, 9.17) is 21.7 Å². The fraction of sp³-hybridized carbons (Fsp3) is 0.292. The molecule has 1 heterocycles. The van der Waals surface area contributed by atoms with Gasteiger partial charge in [0.1, 0.15) is 18.0 Å². The minimum absolute atomic E-state index is 0.306. The average Bonchev–Trinajstić information content (AvgIpc) is 3.54. The number of para-hydroxylation sites is 2. The highest BCUT2D eigenvalue weighted by atomic mass is 35.5. The van der Waals surface area contributed by atoms with Crippen molar-refractivity contribution < 1.29 is 19.8 Å². The zero-order valence-electron chi connectivity index (χ0n) is 17.6. The number of aromatic nitrogens is 2. The quantitative estimate of drug-likeness (QED) is 0.504. The molecule has 2 N–H and O–H groups in total. The molecule has 4 rings (SSSR count). The van der Waals surface area contributed by atoms with Gasteiger partial charge in [-0.05, 0) is 48.6 Å². The van der Waals surface area contributed by atoms with Gasteiger partial charge in [0, 0.05) is 30.8 Å². The molecule has 1 aliphatic rings. The van der Waals surface area contributed by atoms with Gasteiger partial charge in [-0.3, -0.25) is 4.79 Å². The Hall–Kier alpha value is -3.16. The number of aliphatic hydroxyl groups is 1. The largest absolute Gasteiger partial charge is 0.478 e. The second-order valence-corrected chi connectivity index (χ2v) is 8.50. The van der Waals surface area contributed by atoms with E-state index in [0.29, 0.717) is 28.9 Å². The molecule has 1 saturated carbocycles. The fourth-order valence-corrected chi connectivity index (χ4v) is 4.11. The van der Waals surface area contributed by atoms with Gasteiger partial charge < -0.3 is 19.7 Å². The Morgan fingerprint density at radius 3 is 2.62 bits per heavy atom. The third-order valence-corrected chi connectivity index (χ3v) is 5.95. The van der Waals surface area contributed by atoms with Crippen molar-refractivity contribution in [2.24, 2.45) is 13.0 Å². The van der Waals surface area contributed by atoms with Crippen LogP contribution in [0.4, 0.5) is 0 Å². The molecule has 1 fully saturated rings. The highest BCUT2D eigenvalue weighted by molar-refractivity contribution is 6.30. The Morgan fingerprint density at radius 1 is 1.22 bits per heavy atom. The van der Waals surface area contributed by atoms with Crippen LogP contribution in [0.3, 0.4) is 0 Å². The first-order valence-electron chi connectivity index (χ1n) is 10.4. The Kier molecular flexibility index (Phi) is 6.30. The van der Waals surface area contributed by atoms with E-state index < -0.39 is 24.0 Å². The van der Waals surface area contributed by atoms with Gasteiger partial charge in [0.2, 0.25) is 5.91 Å². The van der Waals surface area contributed by atoms with Gasteiger partial charge in [0.25, 0.3) is 0 Å². The van der Waals surface area contributed by atoms with Crippen LogP contribution in [0.25, 0.3) is 11.0 Å². The lowest BCUT2D eigenvalue weighted by Crippen LogP contribution is -2.40. The van der Waals surface area contributed by atoms with Crippen molar-refractivity contribution in [1.29, 1.82) is 0 Å². The molecule has 32 heavy (non-hydrogen) atoms. The molecule has 3 aromatic rings. The second kappa shape index (κ2) is 9.14. The van der Waals surface area contributed by atoms with Gasteiger partial charge in [-0.2, -0.15) is 0 Å². The van der Waals surface area contributed by atoms with Gasteiger partial charge in [-0.15, -0.1) is 0 Å². The zero-order valence-corrected chi connectivity index (χ0v) is 18.3. The van der Waals surface area contributed by atoms with Crippen molar-refractivity contribution in [3.05, 3.63) is 77.1 Å². The summed E-state index contributed by atoms with van der Waals surface area (Å²) in [6, 6.07) is 13.6. The summed E-state index contributed by atoms with van der Waals surface area (Å²) in [4.78, 5) is 30.5. The van der Waals surface area contributed by atoms with E-state index in [-0.39, 0.29) is 0 Å². The Bertz CT molecular complexity index is 1180. The molecule has 0 unspecified atom stereocenters. The standard InChI is InChI=1S/C24H24ClN3O4/c1-27-19-8-3-2-7-18(19)26-24(27)22(23(32)16-5-4-6-17(25)13-16)28(14-15-9-10-15)20(29)11-12-21(30)31/h2-8,11-13,15,22-23,32H,9-10,14H2,1H3,(H,30,31)/t22-,23+/m1/s1. The molecule has 166 valence electrons. The summed E-state index contributed by atoms with van der Waals surface area (Å²) in [5.74, 6) is -0.880. The number of aliphatic carboxylic acids is 1. The molecular formula is C24H24ClN3O4. The number of carboxylic acid groups (broad SMARTS) is 1. The van der Waals surface area contributed by atoms with Crippen LogP contribution in [-0.4, -0.2) is 43.1 Å². The Balaban J connectivity index is 1.84. The number of benzene rings is 2. The lowest BCUT2D eigenvalue weighted by molar-refractivity contribution is -0.134. The van der Waals surface area contributed by atoms with Gasteiger partial charge in [-0.1, -0.05) is 35.9 Å². The molecule has 0 bridgehead atoms. The van der Waals surface area contributed by atoms with Crippen LogP contribution < -0.4 is 0 Å². The number of halogens is 1. The van der Waals surface area contributed by atoms with Crippen LogP contribution in [0.15, 0.2) is 60.7 Å². The average molecular weight is 454 g/mol. The van der Waals surface area contributed by atoms with Crippen molar-refractivity contribution in [2.75, 3.05) is 6.54 Å². The minimum atomic E-state index is -1.21. The Labute approximate surface area is 190 Å². The molecule has 0 saturated heterocycles. The number of hydrogen-bond donors (Lipinski definition) is 2. The maximum absolute atomic E-state index is 13.2. The number of carbonyl (C=O) groups excluding carboxylic acids is 1. The summed E-state index contributed by atoms with van der Waals surface area (Å²) in [6.45, 7) is 0.397. The fourth-order valence-electron chi connectivity index (χ4n) is 3.91. The first-order chi connectivity index (χ1) is 15.3. The third-order valence-electron chi connectivity index (χ3n) is 5.71. The van der Waals surface area contributed by atoms with Crippen LogP contribution in [0.5, 0.6) is 0 Å². The molecule has 1 aromatic heterocycles. The maximum atomic E-state index is 13.2. The summed E-state index contributed by atoms with van der Waals surface area (Å²) in [5.41, 5.74) is 2.16. The van der Waals surface area contributed by atoms with Crippen molar-refractivity contribution >= 4 is 34.5 Å². The monoisotopic (exact) mass is 453 g/mol. The summed E-state index contributed by atoms with van der Waals surface area (Å²) in [5, 5.41) is 21.0. The predicted molar refractivity (Wildman–Crippen MR) is 121 cm³/mol. The number of carbonyl (C=O) groups is 2. The molecule has 1 amide bonds. The van der Waals surface area contributed by atoms with E-state index in [9.17, 15) is 14.7 Å².